The van der Waals surface area contributed by atoms with E-state index in [1.165, 1.54) is 12.1 Å². The minimum Gasteiger partial charge on any atom is -0.746 e. The van der Waals surface area contributed by atoms with Crippen molar-refractivity contribution in [2.75, 3.05) is 0 Å². The van der Waals surface area contributed by atoms with Crippen LogP contribution in [0.3, 0.4) is 0 Å². The van der Waals surface area contributed by atoms with Gasteiger partial charge in [0, 0.05) is 4.47 Å². The van der Waals surface area contributed by atoms with Crippen molar-refractivity contribution in [3.05, 3.63) is 34.3 Å². The van der Waals surface area contributed by atoms with Crippen LogP contribution < -0.4 is 29.6 Å². The van der Waals surface area contributed by atoms with Gasteiger partial charge in [-0.15, -0.1) is 0 Å². The van der Waals surface area contributed by atoms with Gasteiger partial charge in [0.2, 0.25) is 0 Å². The van der Waals surface area contributed by atoms with Crippen molar-refractivity contribution in [3.63, 3.8) is 0 Å². The van der Waals surface area contributed by atoms with Gasteiger partial charge in [-0.25, -0.2) is 8.42 Å². The zero-order valence-electron chi connectivity index (χ0n) is 7.34. The molecule has 0 aromatic heterocycles. The average molecular weight is 289 g/mol. The minimum absolute atomic E-state index is 0. The standard InChI is InChI=1S/C7H7BrO4S.Na/c8-6-3-1-5(2-4-6)7(9)13(10,11)12;/h1-4,7,9H,(H,10,11,12);/q;+1/p-1. The summed E-state index contributed by atoms with van der Waals surface area (Å²) < 4.78 is 31.9. The van der Waals surface area contributed by atoms with E-state index in [1.807, 2.05) is 0 Å². The molecule has 1 rings (SSSR count). The molecule has 0 amide bonds. The Balaban J connectivity index is 0.00000169. The molecule has 7 heteroatoms. The zero-order chi connectivity index (χ0) is 10.1. The number of benzene rings is 1. The summed E-state index contributed by atoms with van der Waals surface area (Å²) in [6, 6.07) is 5.82. The third-order valence-electron chi connectivity index (χ3n) is 1.43. The quantitative estimate of drug-likeness (QED) is 0.504. The molecule has 14 heavy (non-hydrogen) atoms. The monoisotopic (exact) mass is 288 g/mol. The Labute approximate surface area is 113 Å². The van der Waals surface area contributed by atoms with Crippen LogP contribution in [-0.4, -0.2) is 18.1 Å². The molecule has 0 saturated carbocycles. The molecule has 0 aliphatic carbocycles. The topological polar surface area (TPSA) is 77.4 Å². The molecule has 72 valence electrons. The molecule has 1 atom stereocenters. The van der Waals surface area contributed by atoms with Gasteiger partial charge in [0.1, 0.15) is 10.1 Å². The van der Waals surface area contributed by atoms with Crippen molar-refractivity contribution >= 4 is 26.0 Å². The Morgan fingerprint density at radius 3 is 2.07 bits per heavy atom. The number of hydrogen-bond donors (Lipinski definition) is 1. The summed E-state index contributed by atoms with van der Waals surface area (Å²) >= 11 is 3.14. The molecular formula is C7H6BrNaO4S. The summed E-state index contributed by atoms with van der Waals surface area (Å²) in [6.45, 7) is 0. The van der Waals surface area contributed by atoms with E-state index in [0.29, 0.717) is 0 Å². The first kappa shape index (κ1) is 14.6. The molecule has 0 fully saturated rings. The second-order valence-corrected chi connectivity index (χ2v) is 4.74. The first-order valence-electron chi connectivity index (χ1n) is 3.29. The molecule has 0 heterocycles. The van der Waals surface area contributed by atoms with Crippen molar-refractivity contribution in [1.29, 1.82) is 0 Å². The second-order valence-electron chi connectivity index (χ2n) is 2.40. The summed E-state index contributed by atoms with van der Waals surface area (Å²) in [6.07, 6.45) is 0. The van der Waals surface area contributed by atoms with Gasteiger partial charge in [0.05, 0.1) is 0 Å². The van der Waals surface area contributed by atoms with Crippen molar-refractivity contribution in [2.45, 2.75) is 5.44 Å². The van der Waals surface area contributed by atoms with Crippen LogP contribution >= 0.6 is 15.9 Å². The van der Waals surface area contributed by atoms with Crippen molar-refractivity contribution in [2.24, 2.45) is 0 Å². The number of halogens is 1. The van der Waals surface area contributed by atoms with Crippen LogP contribution in [0.25, 0.3) is 0 Å². The van der Waals surface area contributed by atoms with E-state index in [9.17, 15) is 13.0 Å². The summed E-state index contributed by atoms with van der Waals surface area (Å²) in [5.74, 6) is 0. The van der Waals surface area contributed by atoms with Crippen LogP contribution in [-0.2, 0) is 10.1 Å². The third-order valence-corrected chi connectivity index (χ3v) is 2.78. The van der Waals surface area contributed by atoms with Gasteiger partial charge in [0.25, 0.3) is 0 Å². The summed E-state index contributed by atoms with van der Waals surface area (Å²) in [5, 5.41) is 9.03. The van der Waals surface area contributed by atoms with Gasteiger partial charge in [-0.3, -0.25) is 0 Å². The molecule has 0 aliphatic heterocycles. The smallest absolute Gasteiger partial charge is 0.746 e. The summed E-state index contributed by atoms with van der Waals surface area (Å²) in [4.78, 5) is 0. The van der Waals surface area contributed by atoms with E-state index in [1.54, 1.807) is 12.1 Å². The van der Waals surface area contributed by atoms with Crippen LogP contribution in [0, 0.1) is 0 Å². The zero-order valence-corrected chi connectivity index (χ0v) is 11.7. The summed E-state index contributed by atoms with van der Waals surface area (Å²) in [5.41, 5.74) is -1.92. The van der Waals surface area contributed by atoms with Gasteiger partial charge >= 0.3 is 29.6 Å². The van der Waals surface area contributed by atoms with Crippen LogP contribution in [0.4, 0.5) is 0 Å². The number of aliphatic hydroxyl groups excluding tert-OH is 1. The minimum atomic E-state index is -4.68. The number of hydrogen-bond acceptors (Lipinski definition) is 4. The Kier molecular flexibility index (Phi) is 5.83. The average Bonchev–Trinajstić information content (AvgIpc) is 2.03. The van der Waals surface area contributed by atoms with Gasteiger partial charge in [-0.1, -0.05) is 28.1 Å². The molecule has 1 aromatic carbocycles. The van der Waals surface area contributed by atoms with Gasteiger partial charge in [-0.05, 0) is 17.7 Å². The molecule has 0 radical (unpaired) electrons. The number of aliphatic hydroxyl groups is 1. The fourth-order valence-electron chi connectivity index (χ4n) is 0.794. The Morgan fingerprint density at radius 1 is 1.29 bits per heavy atom. The molecule has 0 bridgehead atoms. The van der Waals surface area contributed by atoms with Crippen molar-refractivity contribution in [1.82, 2.24) is 0 Å². The summed E-state index contributed by atoms with van der Waals surface area (Å²) in [7, 11) is -4.68. The molecule has 1 aromatic rings. The van der Waals surface area contributed by atoms with Crippen LogP contribution in [0.1, 0.15) is 11.0 Å². The first-order valence-corrected chi connectivity index (χ1v) is 5.56. The molecule has 1 unspecified atom stereocenters. The van der Waals surface area contributed by atoms with E-state index >= 15 is 0 Å². The number of rotatable bonds is 2. The fourth-order valence-corrected chi connectivity index (χ4v) is 1.55. The molecule has 1 N–H and O–H groups in total. The van der Waals surface area contributed by atoms with Crippen molar-refractivity contribution in [3.8, 4) is 0 Å². The maximum absolute atomic E-state index is 10.4. The van der Waals surface area contributed by atoms with Crippen LogP contribution in [0.15, 0.2) is 28.7 Å². The van der Waals surface area contributed by atoms with Crippen LogP contribution in [0.2, 0.25) is 0 Å². The van der Waals surface area contributed by atoms with E-state index in [-0.39, 0.29) is 35.1 Å². The van der Waals surface area contributed by atoms with Gasteiger partial charge < -0.3 is 9.66 Å². The molecular weight excluding hydrogens is 283 g/mol. The second kappa shape index (κ2) is 5.60. The molecule has 4 nitrogen and oxygen atoms in total. The SMILES string of the molecule is O=S(=O)([O-])C(O)c1ccc(Br)cc1.[Na+]. The fraction of sp³-hybridized carbons (Fsp3) is 0.143. The van der Waals surface area contributed by atoms with Crippen molar-refractivity contribution < 1.29 is 47.6 Å². The largest absolute Gasteiger partial charge is 1.00 e. The van der Waals surface area contributed by atoms with Gasteiger partial charge in [0.15, 0.2) is 5.44 Å². The maximum Gasteiger partial charge on any atom is 1.00 e. The van der Waals surface area contributed by atoms with Gasteiger partial charge in [-0.2, -0.15) is 0 Å². The van der Waals surface area contributed by atoms with E-state index < -0.39 is 15.6 Å². The maximum atomic E-state index is 10.4. The van der Waals surface area contributed by atoms with E-state index in [0.717, 1.165) is 4.47 Å². The predicted molar refractivity (Wildman–Crippen MR) is 48.8 cm³/mol. The Morgan fingerprint density at radius 2 is 1.71 bits per heavy atom. The first-order chi connectivity index (χ1) is 5.91. The normalized spacial score (nSPS) is 13.1. The predicted octanol–water partition coefficient (Wildman–Crippen LogP) is -2.01. The van der Waals surface area contributed by atoms with Crippen LogP contribution in [0.5, 0.6) is 0 Å². The molecule has 0 spiro atoms. The van der Waals surface area contributed by atoms with E-state index in [4.69, 9.17) is 5.11 Å². The third kappa shape index (κ3) is 3.98. The Hall–Kier alpha value is 0.570. The van der Waals surface area contributed by atoms with E-state index in [2.05, 4.69) is 15.9 Å². The molecule has 0 saturated heterocycles. The Bertz CT molecular complexity index is 389. The molecule has 0 aliphatic rings.